The molecule has 0 radical (unpaired) electrons. The lowest BCUT2D eigenvalue weighted by Gasteiger charge is -2.29. The molecule has 124 valence electrons. The Kier molecular flexibility index (Phi) is 5.69. The molecule has 0 aromatic heterocycles. The fourth-order valence-electron chi connectivity index (χ4n) is 2.72. The summed E-state index contributed by atoms with van der Waals surface area (Å²) in [5.41, 5.74) is 7.52. The van der Waals surface area contributed by atoms with Crippen molar-refractivity contribution in [3.8, 4) is 0 Å². The maximum atomic E-state index is 11.9. The molecular formula is C16H27N3O2S. The third-order valence-electron chi connectivity index (χ3n) is 4.30. The number of nitrogens with one attached hydrogen (secondary N) is 2. The number of hydrogen-bond acceptors (Lipinski definition) is 4. The smallest absolute Gasteiger partial charge is 0.214 e. The Morgan fingerprint density at radius 2 is 1.73 bits per heavy atom. The molecule has 6 heteroatoms. The van der Waals surface area contributed by atoms with Crippen molar-refractivity contribution in [2.24, 2.45) is 5.92 Å². The third-order valence-corrected chi connectivity index (χ3v) is 6.21. The van der Waals surface area contributed by atoms with Gasteiger partial charge >= 0.3 is 0 Å². The molecule has 1 aromatic carbocycles. The molecule has 1 aliphatic carbocycles. The van der Waals surface area contributed by atoms with Gasteiger partial charge in [0.1, 0.15) is 0 Å². The summed E-state index contributed by atoms with van der Waals surface area (Å²) in [6, 6.07) is 7.84. The Hall–Kier alpha value is -1.27. The van der Waals surface area contributed by atoms with Crippen molar-refractivity contribution in [1.29, 1.82) is 0 Å². The largest absolute Gasteiger partial charge is 0.399 e. The van der Waals surface area contributed by atoms with Gasteiger partial charge in [-0.3, -0.25) is 0 Å². The van der Waals surface area contributed by atoms with Crippen LogP contribution in [0.5, 0.6) is 0 Å². The van der Waals surface area contributed by atoms with Crippen LogP contribution in [-0.2, 0) is 10.0 Å². The molecule has 0 bridgehead atoms. The molecule has 4 N–H and O–H groups in total. The number of hydrogen-bond donors (Lipinski definition) is 3. The zero-order valence-corrected chi connectivity index (χ0v) is 14.2. The van der Waals surface area contributed by atoms with Crippen LogP contribution in [0.25, 0.3) is 0 Å². The lowest BCUT2D eigenvalue weighted by molar-refractivity contribution is 0.323. The topological polar surface area (TPSA) is 84.2 Å². The van der Waals surface area contributed by atoms with E-state index in [4.69, 9.17) is 5.73 Å². The van der Waals surface area contributed by atoms with Crippen molar-refractivity contribution >= 4 is 21.4 Å². The minimum Gasteiger partial charge on any atom is -0.399 e. The van der Waals surface area contributed by atoms with Crippen molar-refractivity contribution in [3.63, 3.8) is 0 Å². The molecule has 0 amide bonds. The Morgan fingerprint density at radius 3 is 2.27 bits per heavy atom. The number of sulfonamides is 1. The highest BCUT2D eigenvalue weighted by atomic mass is 32.2. The van der Waals surface area contributed by atoms with Gasteiger partial charge in [-0.2, -0.15) is 0 Å². The molecule has 0 aliphatic heterocycles. The van der Waals surface area contributed by atoms with Crippen LogP contribution in [0.3, 0.4) is 0 Å². The molecule has 1 aromatic rings. The molecule has 0 spiro atoms. The van der Waals surface area contributed by atoms with Gasteiger partial charge in [-0.1, -0.05) is 0 Å². The lowest BCUT2D eigenvalue weighted by Crippen LogP contribution is -2.41. The first kappa shape index (κ1) is 17.1. The van der Waals surface area contributed by atoms with Crippen molar-refractivity contribution < 1.29 is 8.42 Å². The summed E-state index contributed by atoms with van der Waals surface area (Å²) in [4.78, 5) is 0. The molecule has 1 saturated carbocycles. The number of benzene rings is 1. The van der Waals surface area contributed by atoms with Crippen molar-refractivity contribution in [1.82, 2.24) is 4.72 Å². The summed E-state index contributed by atoms with van der Waals surface area (Å²) < 4.78 is 26.6. The van der Waals surface area contributed by atoms with E-state index in [2.05, 4.69) is 10.0 Å². The summed E-state index contributed by atoms with van der Waals surface area (Å²) in [7, 11) is -3.15. The molecule has 0 unspecified atom stereocenters. The summed E-state index contributed by atoms with van der Waals surface area (Å²) in [6.45, 7) is 4.35. The van der Waals surface area contributed by atoms with Gasteiger partial charge < -0.3 is 11.1 Å². The molecule has 22 heavy (non-hydrogen) atoms. The van der Waals surface area contributed by atoms with Crippen LogP contribution < -0.4 is 15.8 Å². The Morgan fingerprint density at radius 1 is 1.14 bits per heavy atom. The predicted molar refractivity (Wildman–Crippen MR) is 92.3 cm³/mol. The first-order chi connectivity index (χ1) is 10.4. The monoisotopic (exact) mass is 325 g/mol. The van der Waals surface area contributed by atoms with Crippen molar-refractivity contribution in [2.75, 3.05) is 17.6 Å². The second kappa shape index (κ2) is 7.33. The second-order valence-corrected chi connectivity index (χ2v) is 8.70. The Balaban J connectivity index is 1.74. The van der Waals surface area contributed by atoms with E-state index in [1.54, 1.807) is 13.8 Å². The van der Waals surface area contributed by atoms with E-state index in [1.165, 1.54) is 0 Å². The number of nitrogen functional groups attached to an aromatic ring is 1. The molecule has 0 heterocycles. The predicted octanol–water partition coefficient (Wildman–Crippen LogP) is 2.57. The van der Waals surface area contributed by atoms with Crippen LogP contribution >= 0.6 is 0 Å². The van der Waals surface area contributed by atoms with Gasteiger partial charge in [0.25, 0.3) is 0 Å². The SMILES string of the molecule is CC(C)S(=O)(=O)NC1CCC(CNc2ccc(N)cc2)CC1. The average molecular weight is 325 g/mol. The van der Waals surface area contributed by atoms with E-state index in [1.807, 2.05) is 24.3 Å². The molecule has 1 fully saturated rings. The Labute approximate surface area is 133 Å². The summed E-state index contributed by atoms with van der Waals surface area (Å²) in [5.74, 6) is 0.595. The summed E-state index contributed by atoms with van der Waals surface area (Å²) >= 11 is 0. The second-order valence-electron chi connectivity index (χ2n) is 6.43. The number of nitrogens with two attached hydrogens (primary N) is 1. The quantitative estimate of drug-likeness (QED) is 0.702. The minimum absolute atomic E-state index is 0.0974. The van der Waals surface area contributed by atoms with E-state index in [9.17, 15) is 8.42 Å². The Bertz CT molecular complexity index is 562. The first-order valence-electron chi connectivity index (χ1n) is 7.97. The standard InChI is InChI=1S/C16H27N3O2S/c1-12(2)22(20,21)19-16-7-3-13(4-8-16)11-18-15-9-5-14(17)6-10-15/h5-6,9-10,12-13,16,18-19H,3-4,7-8,11,17H2,1-2H3. The minimum atomic E-state index is -3.15. The molecule has 0 atom stereocenters. The molecule has 5 nitrogen and oxygen atoms in total. The van der Waals surface area contributed by atoms with Crippen LogP contribution in [0.2, 0.25) is 0 Å². The normalized spacial score (nSPS) is 22.7. The van der Waals surface area contributed by atoms with Crippen molar-refractivity contribution in [2.45, 2.75) is 50.8 Å². The third kappa shape index (κ3) is 4.88. The van der Waals surface area contributed by atoms with Crippen LogP contribution in [-0.4, -0.2) is 26.3 Å². The zero-order chi connectivity index (χ0) is 16.2. The maximum Gasteiger partial charge on any atom is 0.214 e. The van der Waals surface area contributed by atoms with Gasteiger partial charge in [-0.25, -0.2) is 13.1 Å². The summed E-state index contributed by atoms with van der Waals surface area (Å²) in [6.07, 6.45) is 3.93. The van der Waals surface area contributed by atoms with Gasteiger partial charge in [-0.05, 0) is 69.7 Å². The molecule has 0 saturated heterocycles. The highest BCUT2D eigenvalue weighted by molar-refractivity contribution is 7.90. The average Bonchev–Trinajstić information content (AvgIpc) is 2.48. The fraction of sp³-hybridized carbons (Fsp3) is 0.625. The van der Waals surface area contributed by atoms with Crippen LogP contribution in [0.1, 0.15) is 39.5 Å². The van der Waals surface area contributed by atoms with Gasteiger partial charge in [0.05, 0.1) is 5.25 Å². The van der Waals surface area contributed by atoms with Crippen LogP contribution in [0, 0.1) is 5.92 Å². The van der Waals surface area contributed by atoms with E-state index >= 15 is 0 Å². The number of rotatable bonds is 6. The highest BCUT2D eigenvalue weighted by Crippen LogP contribution is 2.25. The number of anilines is 2. The van der Waals surface area contributed by atoms with Crippen LogP contribution in [0.15, 0.2) is 24.3 Å². The highest BCUT2D eigenvalue weighted by Gasteiger charge is 2.26. The lowest BCUT2D eigenvalue weighted by atomic mass is 9.86. The maximum absolute atomic E-state index is 11.9. The molecular weight excluding hydrogens is 298 g/mol. The van der Waals surface area contributed by atoms with E-state index in [0.717, 1.165) is 43.6 Å². The van der Waals surface area contributed by atoms with E-state index in [-0.39, 0.29) is 11.3 Å². The van der Waals surface area contributed by atoms with Crippen LogP contribution in [0.4, 0.5) is 11.4 Å². The zero-order valence-electron chi connectivity index (χ0n) is 13.4. The fourth-order valence-corrected chi connectivity index (χ4v) is 3.69. The van der Waals surface area contributed by atoms with E-state index < -0.39 is 10.0 Å². The van der Waals surface area contributed by atoms with Gasteiger partial charge in [-0.15, -0.1) is 0 Å². The van der Waals surface area contributed by atoms with Gasteiger partial charge in [0.2, 0.25) is 10.0 Å². The molecule has 1 aliphatic rings. The van der Waals surface area contributed by atoms with Gasteiger partial charge in [0, 0.05) is 24.0 Å². The molecule has 2 rings (SSSR count). The van der Waals surface area contributed by atoms with Crippen molar-refractivity contribution in [3.05, 3.63) is 24.3 Å². The van der Waals surface area contributed by atoms with Gasteiger partial charge in [0.15, 0.2) is 0 Å². The van der Waals surface area contributed by atoms with E-state index in [0.29, 0.717) is 5.92 Å². The first-order valence-corrected chi connectivity index (χ1v) is 9.52. The summed E-state index contributed by atoms with van der Waals surface area (Å²) in [5, 5.41) is 3.07.